The summed E-state index contributed by atoms with van der Waals surface area (Å²) in [6.07, 6.45) is 7.00. The van der Waals surface area contributed by atoms with Gasteiger partial charge in [0.15, 0.2) is 5.82 Å². The van der Waals surface area contributed by atoms with Crippen LogP contribution in [0.1, 0.15) is 49.7 Å². The molecule has 0 saturated carbocycles. The van der Waals surface area contributed by atoms with Gasteiger partial charge in [-0.1, -0.05) is 5.21 Å². The number of hydrogen-bond donors (Lipinski definition) is 3. The number of aromatic amines is 1. The van der Waals surface area contributed by atoms with Gasteiger partial charge in [0, 0.05) is 18.3 Å². The van der Waals surface area contributed by atoms with Gasteiger partial charge >= 0.3 is 12.0 Å². The molecule has 4 saturated heterocycles. The Morgan fingerprint density at radius 3 is 2.61 bits per heavy atom. The molecule has 3 N–H and O–H groups in total. The normalized spacial score (nSPS) is 23.1. The standard InChI is InChI=1S/C30H33FN10O3/c1-16-12-19-23(38-39-37-19)20(17(16)2)24-21(31)22-18(13-32-24)25(40-9-5-8-30(14-40)26(42)35-27(43)36-30)34-28(33-22)44-15-29-6-3-10-41(29)11-4-7-29/h12-13H,3-11,14-15H2,1-2H3,(H,37,38,39)(H2,35,36,42,43). The lowest BCUT2D eigenvalue weighted by molar-refractivity contribution is -0.124. The molecule has 4 aromatic rings. The van der Waals surface area contributed by atoms with Crippen LogP contribution >= 0.6 is 0 Å². The van der Waals surface area contributed by atoms with Crippen LogP contribution in [0.2, 0.25) is 0 Å². The van der Waals surface area contributed by atoms with Crippen LogP contribution in [0.5, 0.6) is 6.01 Å². The van der Waals surface area contributed by atoms with E-state index < -0.39 is 17.4 Å². The summed E-state index contributed by atoms with van der Waals surface area (Å²) in [7, 11) is 0. The van der Waals surface area contributed by atoms with Crippen LogP contribution in [0.25, 0.3) is 33.2 Å². The Hall–Kier alpha value is -4.46. The number of anilines is 1. The lowest BCUT2D eigenvalue weighted by Gasteiger charge is -2.39. The zero-order chi connectivity index (χ0) is 30.2. The van der Waals surface area contributed by atoms with Crippen molar-refractivity contribution in [2.45, 2.75) is 63.5 Å². The second kappa shape index (κ2) is 9.78. The second-order valence-electron chi connectivity index (χ2n) is 12.6. The minimum Gasteiger partial charge on any atom is -0.461 e. The Morgan fingerprint density at radius 1 is 1.05 bits per heavy atom. The molecule has 14 heteroatoms. The Bertz CT molecular complexity index is 1850. The van der Waals surface area contributed by atoms with E-state index in [1.54, 1.807) is 6.20 Å². The van der Waals surface area contributed by atoms with Gasteiger partial charge in [-0.2, -0.15) is 9.97 Å². The van der Waals surface area contributed by atoms with Crippen LogP contribution in [-0.4, -0.2) is 91.1 Å². The number of urea groups is 1. The number of rotatable bonds is 5. The smallest absolute Gasteiger partial charge is 0.322 e. The number of nitrogens with zero attached hydrogens (tertiary/aromatic N) is 7. The topological polar surface area (TPSA) is 154 Å². The van der Waals surface area contributed by atoms with E-state index in [-0.39, 0.29) is 35.2 Å². The molecule has 3 aromatic heterocycles. The highest BCUT2D eigenvalue weighted by molar-refractivity contribution is 6.07. The lowest BCUT2D eigenvalue weighted by Crippen LogP contribution is -2.58. The van der Waals surface area contributed by atoms with Crippen molar-refractivity contribution in [1.29, 1.82) is 0 Å². The van der Waals surface area contributed by atoms with Gasteiger partial charge in [-0.3, -0.25) is 25.1 Å². The summed E-state index contributed by atoms with van der Waals surface area (Å²) in [5.41, 5.74) is 2.57. The van der Waals surface area contributed by atoms with E-state index in [0.717, 1.165) is 49.9 Å². The third-order valence-corrected chi connectivity index (χ3v) is 10.1. The lowest BCUT2D eigenvalue weighted by atomic mass is 9.89. The van der Waals surface area contributed by atoms with E-state index in [4.69, 9.17) is 9.72 Å². The van der Waals surface area contributed by atoms with Crippen molar-refractivity contribution in [3.05, 3.63) is 29.2 Å². The van der Waals surface area contributed by atoms with Gasteiger partial charge in [0.25, 0.3) is 5.91 Å². The Kier molecular flexibility index (Phi) is 6.02. The molecule has 4 aliphatic heterocycles. The fourth-order valence-electron chi connectivity index (χ4n) is 7.72. The van der Waals surface area contributed by atoms with Crippen LogP contribution in [-0.2, 0) is 4.79 Å². The second-order valence-corrected chi connectivity index (χ2v) is 12.6. The molecule has 4 aliphatic rings. The third-order valence-electron chi connectivity index (χ3n) is 10.1. The summed E-state index contributed by atoms with van der Waals surface area (Å²) in [5.74, 6) is -0.577. The monoisotopic (exact) mass is 600 g/mol. The molecule has 1 spiro atoms. The molecule has 44 heavy (non-hydrogen) atoms. The fourth-order valence-corrected chi connectivity index (χ4v) is 7.72. The quantitative estimate of drug-likeness (QED) is 0.291. The van der Waals surface area contributed by atoms with Crippen LogP contribution in [0, 0.1) is 19.7 Å². The maximum Gasteiger partial charge on any atom is 0.322 e. The van der Waals surface area contributed by atoms with Crippen molar-refractivity contribution in [2.24, 2.45) is 0 Å². The minimum atomic E-state index is -1.09. The highest BCUT2D eigenvalue weighted by Gasteiger charge is 2.49. The van der Waals surface area contributed by atoms with Crippen LogP contribution in [0.4, 0.5) is 15.0 Å². The predicted molar refractivity (Wildman–Crippen MR) is 159 cm³/mol. The number of halogens is 1. The number of carbonyl (C=O) groups is 2. The first-order valence-electron chi connectivity index (χ1n) is 15.2. The predicted octanol–water partition coefficient (Wildman–Crippen LogP) is 2.90. The van der Waals surface area contributed by atoms with Crippen molar-refractivity contribution in [2.75, 3.05) is 37.7 Å². The maximum atomic E-state index is 16.8. The molecule has 3 amide bonds. The zero-order valence-electron chi connectivity index (χ0n) is 24.7. The summed E-state index contributed by atoms with van der Waals surface area (Å²) >= 11 is 0. The average Bonchev–Trinajstić information content (AvgIpc) is 3.77. The molecule has 1 atom stereocenters. The Balaban J connectivity index is 1.26. The van der Waals surface area contributed by atoms with Gasteiger partial charge in [0.2, 0.25) is 0 Å². The molecular weight excluding hydrogens is 567 g/mol. The minimum absolute atomic E-state index is 0.0565. The van der Waals surface area contributed by atoms with Gasteiger partial charge in [0.1, 0.15) is 34.7 Å². The van der Waals surface area contributed by atoms with Gasteiger partial charge in [-0.15, -0.1) is 5.10 Å². The highest BCUT2D eigenvalue weighted by atomic mass is 19.1. The fraction of sp³-hybridized carbons (Fsp3) is 0.500. The van der Waals surface area contributed by atoms with Crippen molar-refractivity contribution >= 4 is 39.7 Å². The summed E-state index contributed by atoms with van der Waals surface area (Å²) < 4.78 is 23.1. The molecule has 13 nitrogen and oxygen atoms in total. The molecule has 228 valence electrons. The number of imide groups is 1. The maximum absolute atomic E-state index is 16.8. The first-order chi connectivity index (χ1) is 21.3. The van der Waals surface area contributed by atoms with Crippen LogP contribution in [0.3, 0.4) is 0 Å². The number of amides is 3. The van der Waals surface area contributed by atoms with E-state index in [2.05, 4.69) is 40.9 Å². The molecule has 7 heterocycles. The molecule has 0 bridgehead atoms. The van der Waals surface area contributed by atoms with Crippen molar-refractivity contribution in [1.82, 2.24) is 45.9 Å². The van der Waals surface area contributed by atoms with E-state index in [1.165, 1.54) is 0 Å². The zero-order valence-corrected chi connectivity index (χ0v) is 24.7. The summed E-state index contributed by atoms with van der Waals surface area (Å²) in [6.45, 7) is 7.09. The van der Waals surface area contributed by atoms with Crippen molar-refractivity contribution in [3.63, 3.8) is 0 Å². The molecule has 1 aromatic carbocycles. The Morgan fingerprint density at radius 2 is 1.84 bits per heavy atom. The van der Waals surface area contributed by atoms with E-state index in [9.17, 15) is 9.59 Å². The first kappa shape index (κ1) is 27.1. The average molecular weight is 601 g/mol. The Labute approximate surface area is 251 Å². The summed E-state index contributed by atoms with van der Waals surface area (Å²) in [6, 6.07) is 1.48. The number of fused-ring (bicyclic) bond motifs is 3. The number of aromatic nitrogens is 6. The van der Waals surface area contributed by atoms with E-state index in [1.807, 2.05) is 24.8 Å². The molecule has 0 radical (unpaired) electrons. The number of nitrogens with one attached hydrogen (secondary N) is 3. The molecule has 4 fully saturated rings. The molecule has 8 rings (SSSR count). The van der Waals surface area contributed by atoms with Crippen molar-refractivity contribution in [3.8, 4) is 17.3 Å². The van der Waals surface area contributed by atoms with E-state index in [0.29, 0.717) is 53.8 Å². The number of ether oxygens (including phenoxy) is 1. The van der Waals surface area contributed by atoms with Crippen LogP contribution < -0.4 is 20.3 Å². The third kappa shape index (κ3) is 4.03. The molecular formula is C30H33FN10O3. The summed E-state index contributed by atoms with van der Waals surface area (Å²) in [5, 5.41) is 16.6. The van der Waals surface area contributed by atoms with Crippen molar-refractivity contribution < 1.29 is 18.7 Å². The largest absolute Gasteiger partial charge is 0.461 e. The van der Waals surface area contributed by atoms with Gasteiger partial charge < -0.3 is 15.0 Å². The van der Waals surface area contributed by atoms with Crippen LogP contribution in [0.15, 0.2) is 12.3 Å². The van der Waals surface area contributed by atoms with Gasteiger partial charge in [-0.25, -0.2) is 9.18 Å². The summed E-state index contributed by atoms with van der Waals surface area (Å²) in [4.78, 5) is 43.4. The number of pyridine rings is 1. The van der Waals surface area contributed by atoms with Gasteiger partial charge in [-0.05, 0) is 82.7 Å². The number of H-pyrrole nitrogens is 1. The molecule has 1 unspecified atom stereocenters. The number of carbonyl (C=O) groups excluding carboxylic acids is 2. The number of piperidine rings is 1. The molecule has 0 aliphatic carbocycles. The highest BCUT2D eigenvalue weighted by Crippen LogP contribution is 2.41. The number of aryl methyl sites for hydroxylation is 1. The SMILES string of the molecule is Cc1cc2[nH]nnc2c(-c2ncc3c(N4CCCC5(C4)NC(=O)NC5=O)nc(OCC45CCCN4CCC5)nc3c2F)c1C. The van der Waals surface area contributed by atoms with E-state index >= 15 is 4.39 Å². The number of benzene rings is 1. The first-order valence-corrected chi connectivity index (χ1v) is 15.2. The number of hydrogen-bond acceptors (Lipinski definition) is 10. The van der Waals surface area contributed by atoms with Gasteiger partial charge in [0.05, 0.1) is 23.0 Å².